The molecule has 2 amide bonds. The molecule has 0 bridgehead atoms. The number of hydrogen-bond acceptors (Lipinski definition) is 6. The Labute approximate surface area is 337 Å². The van der Waals surface area contributed by atoms with Gasteiger partial charge < -0.3 is 20.1 Å². The molecule has 58 heavy (non-hydrogen) atoms. The van der Waals surface area contributed by atoms with E-state index < -0.39 is 0 Å². The second-order valence-corrected chi connectivity index (χ2v) is 14.0. The molecule has 0 radical (unpaired) electrons. The summed E-state index contributed by atoms with van der Waals surface area (Å²) in [7, 11) is 0. The number of ether oxygens (including phenoxy) is 2. The van der Waals surface area contributed by atoms with Gasteiger partial charge in [-0.05, 0) is 147 Å². The summed E-state index contributed by atoms with van der Waals surface area (Å²) in [6, 6.07) is 46.5. The fourth-order valence-corrected chi connectivity index (χ4v) is 7.15. The van der Waals surface area contributed by atoms with Gasteiger partial charge >= 0.3 is 0 Å². The van der Waals surface area contributed by atoms with Gasteiger partial charge in [-0.1, -0.05) is 48.5 Å². The van der Waals surface area contributed by atoms with Crippen molar-refractivity contribution >= 4 is 45.0 Å². The largest absolute Gasteiger partial charge is 0.494 e. The van der Waals surface area contributed by atoms with Crippen LogP contribution in [0.15, 0.2) is 146 Å². The second-order valence-electron chi connectivity index (χ2n) is 14.0. The van der Waals surface area contributed by atoms with E-state index in [1.165, 1.54) is 0 Å². The van der Waals surface area contributed by atoms with Gasteiger partial charge in [0.2, 0.25) is 0 Å². The number of benzene rings is 6. The third-order valence-electron chi connectivity index (χ3n) is 10.1. The molecule has 0 aliphatic heterocycles. The highest BCUT2D eigenvalue weighted by Gasteiger charge is 2.18. The number of fused-ring (bicyclic) bond motifs is 2. The van der Waals surface area contributed by atoms with Crippen LogP contribution in [0.3, 0.4) is 0 Å². The zero-order valence-corrected chi connectivity index (χ0v) is 32.8. The molecule has 8 rings (SSSR count). The summed E-state index contributed by atoms with van der Waals surface area (Å²) >= 11 is 0. The Bertz CT molecular complexity index is 2620. The van der Waals surface area contributed by atoms with E-state index in [-0.39, 0.29) is 11.8 Å². The maximum absolute atomic E-state index is 13.9. The second kappa shape index (κ2) is 16.4. The topological polar surface area (TPSA) is 102 Å². The van der Waals surface area contributed by atoms with Crippen molar-refractivity contribution in [1.29, 1.82) is 0 Å². The van der Waals surface area contributed by atoms with Crippen molar-refractivity contribution in [3.8, 4) is 45.1 Å². The van der Waals surface area contributed by atoms with Crippen LogP contribution in [0, 0.1) is 13.8 Å². The smallest absolute Gasteiger partial charge is 0.256 e. The van der Waals surface area contributed by atoms with Gasteiger partial charge in [-0.2, -0.15) is 0 Å². The van der Waals surface area contributed by atoms with E-state index in [0.717, 1.165) is 66.7 Å². The standard InChI is InChI=1S/C50H42N4O4/c1-5-57-37-21-15-33(16-22-37)47-29-41(39-11-7-9-13-45(39)51-47)49(55)53-43-25-19-35(27-31(43)3)36-20-26-44(32(4)28-36)54-50(56)42-30-48(52-46-14-10-8-12-40(42)46)34-17-23-38(24-18-34)58-6-2/h7-30H,5-6H2,1-4H3,(H,53,55)(H,54,56). The van der Waals surface area contributed by atoms with E-state index in [4.69, 9.17) is 19.4 Å². The summed E-state index contributed by atoms with van der Waals surface area (Å²) in [5.74, 6) is 1.14. The van der Waals surface area contributed by atoms with Crippen LogP contribution < -0.4 is 20.1 Å². The van der Waals surface area contributed by atoms with Gasteiger partial charge in [0.05, 0.1) is 46.8 Å². The molecule has 0 fully saturated rings. The van der Waals surface area contributed by atoms with Gasteiger partial charge in [0.1, 0.15) is 11.5 Å². The van der Waals surface area contributed by atoms with Crippen molar-refractivity contribution in [2.24, 2.45) is 0 Å². The summed E-state index contributed by atoms with van der Waals surface area (Å²) in [6.07, 6.45) is 0. The fraction of sp³-hybridized carbons (Fsp3) is 0.120. The lowest BCUT2D eigenvalue weighted by atomic mass is 9.99. The number of aryl methyl sites for hydroxylation is 2. The third kappa shape index (κ3) is 7.86. The Kier molecular flexibility index (Phi) is 10.6. The van der Waals surface area contributed by atoms with Crippen LogP contribution in [0.4, 0.5) is 11.4 Å². The van der Waals surface area contributed by atoms with Crippen LogP contribution >= 0.6 is 0 Å². The minimum atomic E-state index is -0.217. The van der Waals surface area contributed by atoms with Crippen LogP contribution in [0.1, 0.15) is 45.7 Å². The van der Waals surface area contributed by atoms with Crippen LogP contribution in [0.2, 0.25) is 0 Å². The highest BCUT2D eigenvalue weighted by Crippen LogP contribution is 2.32. The molecule has 2 heterocycles. The Morgan fingerprint density at radius 1 is 0.483 bits per heavy atom. The number of hydrogen-bond donors (Lipinski definition) is 2. The van der Waals surface area contributed by atoms with Gasteiger partial charge in [0.25, 0.3) is 11.8 Å². The molecular formula is C50H42N4O4. The van der Waals surface area contributed by atoms with Crippen LogP contribution in [-0.4, -0.2) is 35.0 Å². The highest BCUT2D eigenvalue weighted by molar-refractivity contribution is 6.14. The maximum atomic E-state index is 13.9. The maximum Gasteiger partial charge on any atom is 0.256 e. The number of aromatic nitrogens is 2. The summed E-state index contributed by atoms with van der Waals surface area (Å²) in [5.41, 5.74) is 11.0. The molecule has 0 atom stereocenters. The summed E-state index contributed by atoms with van der Waals surface area (Å²) < 4.78 is 11.2. The first-order valence-corrected chi connectivity index (χ1v) is 19.4. The monoisotopic (exact) mass is 762 g/mol. The van der Waals surface area contributed by atoms with Crippen molar-refractivity contribution in [3.05, 3.63) is 168 Å². The molecule has 0 spiro atoms. The molecule has 8 aromatic rings. The molecule has 0 aliphatic rings. The molecule has 286 valence electrons. The Morgan fingerprint density at radius 3 is 1.24 bits per heavy atom. The average molecular weight is 763 g/mol. The predicted octanol–water partition coefficient (Wildman–Crippen LogP) is 11.7. The average Bonchev–Trinajstić information content (AvgIpc) is 3.25. The Balaban J connectivity index is 1.01. The summed E-state index contributed by atoms with van der Waals surface area (Å²) in [5, 5.41) is 7.85. The molecule has 0 aliphatic carbocycles. The Hall–Kier alpha value is -7.32. The van der Waals surface area contributed by atoms with Crippen molar-refractivity contribution in [2.75, 3.05) is 23.8 Å². The van der Waals surface area contributed by atoms with E-state index in [1.807, 2.05) is 161 Å². The minimum absolute atomic E-state index is 0.217. The number of nitrogens with zero attached hydrogens (tertiary/aromatic N) is 2. The predicted molar refractivity (Wildman–Crippen MR) is 234 cm³/mol. The quantitative estimate of drug-likeness (QED) is 0.136. The zero-order valence-electron chi connectivity index (χ0n) is 32.8. The SMILES string of the molecule is CCOc1ccc(-c2cc(C(=O)Nc3ccc(-c4ccc(NC(=O)c5cc(-c6ccc(OCC)cc6)nc6ccccc56)c(C)c4)cc3C)c3ccccc3n2)cc1. The van der Waals surface area contributed by atoms with E-state index in [0.29, 0.717) is 47.1 Å². The summed E-state index contributed by atoms with van der Waals surface area (Å²) in [4.78, 5) is 37.6. The Morgan fingerprint density at radius 2 is 0.862 bits per heavy atom. The minimum Gasteiger partial charge on any atom is -0.494 e. The number of pyridine rings is 2. The van der Waals surface area contributed by atoms with Crippen LogP contribution in [0.5, 0.6) is 11.5 Å². The molecule has 0 saturated heterocycles. The van der Waals surface area contributed by atoms with Crippen LogP contribution in [0.25, 0.3) is 55.4 Å². The lowest BCUT2D eigenvalue weighted by Crippen LogP contribution is -2.14. The number of amides is 2. The zero-order chi connectivity index (χ0) is 40.2. The third-order valence-corrected chi connectivity index (χ3v) is 10.1. The molecule has 0 saturated carbocycles. The first-order chi connectivity index (χ1) is 28.3. The van der Waals surface area contributed by atoms with E-state index in [9.17, 15) is 9.59 Å². The number of nitrogens with one attached hydrogen (secondary N) is 2. The van der Waals surface area contributed by atoms with E-state index in [2.05, 4.69) is 22.8 Å². The first-order valence-electron chi connectivity index (χ1n) is 19.4. The molecule has 8 nitrogen and oxygen atoms in total. The van der Waals surface area contributed by atoms with Gasteiger partial charge in [0.15, 0.2) is 0 Å². The number of carbonyl (C=O) groups is 2. The lowest BCUT2D eigenvalue weighted by Gasteiger charge is -2.15. The van der Waals surface area contributed by atoms with Gasteiger partial charge in [-0.25, -0.2) is 9.97 Å². The van der Waals surface area contributed by atoms with Crippen molar-refractivity contribution in [3.63, 3.8) is 0 Å². The normalized spacial score (nSPS) is 11.0. The first kappa shape index (κ1) is 37.6. The number of para-hydroxylation sites is 2. The summed E-state index contributed by atoms with van der Waals surface area (Å²) in [6.45, 7) is 9.04. The molecule has 6 aromatic carbocycles. The van der Waals surface area contributed by atoms with E-state index in [1.54, 1.807) is 0 Å². The van der Waals surface area contributed by atoms with Crippen molar-refractivity contribution < 1.29 is 19.1 Å². The van der Waals surface area contributed by atoms with Gasteiger partial charge in [-0.3, -0.25) is 9.59 Å². The molecule has 2 N–H and O–H groups in total. The van der Waals surface area contributed by atoms with Crippen LogP contribution in [-0.2, 0) is 0 Å². The fourth-order valence-electron chi connectivity index (χ4n) is 7.15. The van der Waals surface area contributed by atoms with Gasteiger partial charge in [0, 0.05) is 33.3 Å². The van der Waals surface area contributed by atoms with Gasteiger partial charge in [-0.15, -0.1) is 0 Å². The van der Waals surface area contributed by atoms with Crippen molar-refractivity contribution in [1.82, 2.24) is 9.97 Å². The lowest BCUT2D eigenvalue weighted by molar-refractivity contribution is 0.102. The van der Waals surface area contributed by atoms with E-state index >= 15 is 0 Å². The molecule has 8 heteroatoms. The number of rotatable bonds is 11. The number of anilines is 2. The highest BCUT2D eigenvalue weighted by atomic mass is 16.5. The molecule has 0 unspecified atom stereocenters. The molecule has 2 aromatic heterocycles. The van der Waals surface area contributed by atoms with Crippen molar-refractivity contribution in [2.45, 2.75) is 27.7 Å². The number of carbonyl (C=O) groups excluding carboxylic acids is 2. The molecular weight excluding hydrogens is 721 g/mol.